The van der Waals surface area contributed by atoms with Crippen LogP contribution in [0.1, 0.15) is 13.3 Å². The summed E-state index contributed by atoms with van der Waals surface area (Å²) in [5.41, 5.74) is 5.43. The Hall–Kier alpha value is -0.650. The molecule has 0 saturated heterocycles. The molecule has 0 aromatic rings. The zero-order valence-electron chi connectivity index (χ0n) is 9.16. The van der Waals surface area contributed by atoms with Crippen LogP contribution in [0.2, 0.25) is 0 Å². The first-order chi connectivity index (χ1) is 6.52. The Morgan fingerprint density at radius 2 is 2.21 bits per heavy atom. The zero-order chi connectivity index (χ0) is 11.1. The van der Waals surface area contributed by atoms with Gasteiger partial charge in [-0.3, -0.25) is 10.3 Å². The molecule has 0 radical (unpaired) electrons. The molecule has 4 N–H and O–H groups in total. The lowest BCUT2D eigenvalue weighted by Gasteiger charge is -2.27. The molecule has 2 unspecified atom stereocenters. The fraction of sp³-hybridized carbons (Fsp3) is 0.889. The molecule has 0 bridgehead atoms. The third kappa shape index (κ3) is 4.55. The van der Waals surface area contributed by atoms with E-state index in [2.05, 4.69) is 0 Å². The molecule has 0 heterocycles. The van der Waals surface area contributed by atoms with Crippen molar-refractivity contribution in [2.45, 2.75) is 25.5 Å². The minimum Gasteiger partial charge on any atom is -0.389 e. The van der Waals surface area contributed by atoms with Crippen molar-refractivity contribution in [3.63, 3.8) is 0 Å². The van der Waals surface area contributed by atoms with Crippen LogP contribution in [0.5, 0.6) is 0 Å². The summed E-state index contributed by atoms with van der Waals surface area (Å²) in [6, 6.07) is -0.0958. The molecule has 0 aromatic heterocycles. The van der Waals surface area contributed by atoms with Gasteiger partial charge in [0.05, 0.1) is 18.8 Å². The first kappa shape index (κ1) is 13.4. The van der Waals surface area contributed by atoms with Gasteiger partial charge >= 0.3 is 0 Å². The number of nitrogens with two attached hydrogens (primary N) is 1. The molecule has 84 valence electrons. The predicted octanol–water partition coefficient (Wildman–Crippen LogP) is -0.360. The summed E-state index contributed by atoms with van der Waals surface area (Å²) in [6.45, 7) is 2.73. The fourth-order valence-electron chi connectivity index (χ4n) is 1.47. The number of hydrogen-bond acceptors (Lipinski definition) is 4. The lowest BCUT2D eigenvalue weighted by Crippen LogP contribution is -2.45. The molecule has 5 heteroatoms. The van der Waals surface area contributed by atoms with Gasteiger partial charge in [-0.05, 0) is 13.5 Å². The van der Waals surface area contributed by atoms with E-state index in [1.54, 1.807) is 7.11 Å². The van der Waals surface area contributed by atoms with Crippen LogP contribution in [-0.4, -0.2) is 55.3 Å². The van der Waals surface area contributed by atoms with Crippen LogP contribution >= 0.6 is 0 Å². The van der Waals surface area contributed by atoms with E-state index in [0.29, 0.717) is 13.2 Å². The number of nitrogens with zero attached hydrogens (tertiary/aromatic N) is 1. The van der Waals surface area contributed by atoms with Gasteiger partial charge in [0.1, 0.15) is 5.84 Å². The van der Waals surface area contributed by atoms with Crippen molar-refractivity contribution in [3.05, 3.63) is 0 Å². The maximum absolute atomic E-state index is 9.47. The number of aliphatic hydroxyl groups is 1. The summed E-state index contributed by atoms with van der Waals surface area (Å²) >= 11 is 0. The van der Waals surface area contributed by atoms with Crippen molar-refractivity contribution < 1.29 is 9.84 Å². The molecule has 0 aliphatic carbocycles. The summed E-state index contributed by atoms with van der Waals surface area (Å²) < 4.78 is 4.82. The van der Waals surface area contributed by atoms with Gasteiger partial charge in [0.25, 0.3) is 0 Å². The van der Waals surface area contributed by atoms with E-state index in [1.807, 2.05) is 18.9 Å². The first-order valence-electron chi connectivity index (χ1n) is 4.74. The number of ether oxygens (including phenoxy) is 1. The number of likely N-dealkylation sites (N-methyl/N-ethyl adjacent to an activating group) is 1. The highest BCUT2D eigenvalue weighted by Crippen LogP contribution is 2.02. The Labute approximate surface area is 85.4 Å². The summed E-state index contributed by atoms with van der Waals surface area (Å²) in [7, 11) is 3.39. The average molecular weight is 203 g/mol. The molecule has 2 atom stereocenters. The highest BCUT2D eigenvalue weighted by Gasteiger charge is 2.18. The van der Waals surface area contributed by atoms with Crippen LogP contribution < -0.4 is 5.73 Å². The number of hydrogen-bond donors (Lipinski definition) is 3. The van der Waals surface area contributed by atoms with Gasteiger partial charge in [0.15, 0.2) is 0 Å². The predicted molar refractivity (Wildman–Crippen MR) is 56.5 cm³/mol. The van der Waals surface area contributed by atoms with E-state index in [0.717, 1.165) is 6.42 Å². The summed E-state index contributed by atoms with van der Waals surface area (Å²) in [5, 5.41) is 16.8. The van der Waals surface area contributed by atoms with Crippen LogP contribution in [-0.2, 0) is 4.74 Å². The molecule has 5 nitrogen and oxygen atoms in total. The molecule has 14 heavy (non-hydrogen) atoms. The van der Waals surface area contributed by atoms with Crippen LogP contribution in [0.4, 0.5) is 0 Å². The Balaban J connectivity index is 4.03. The molecule has 0 aliphatic rings. The molecule has 0 fully saturated rings. The number of rotatable bonds is 7. The van der Waals surface area contributed by atoms with Gasteiger partial charge in [-0.2, -0.15) is 0 Å². The smallest absolute Gasteiger partial charge is 0.108 e. The van der Waals surface area contributed by atoms with Crippen molar-refractivity contribution in [2.24, 2.45) is 5.73 Å². The van der Waals surface area contributed by atoms with E-state index >= 15 is 0 Å². The second kappa shape index (κ2) is 6.75. The summed E-state index contributed by atoms with van der Waals surface area (Å²) in [4.78, 5) is 1.87. The van der Waals surface area contributed by atoms with Crippen molar-refractivity contribution in [1.29, 1.82) is 5.41 Å². The van der Waals surface area contributed by atoms with E-state index in [1.165, 1.54) is 0 Å². The number of methoxy groups -OCH3 is 1. The standard InChI is InChI=1S/C9H21N3O2/c1-4-8(9(10)11)12(2)5-7(13)6-14-3/h7-8,13H,4-6H2,1-3H3,(H3,10,11). The highest BCUT2D eigenvalue weighted by atomic mass is 16.5. The van der Waals surface area contributed by atoms with Crippen molar-refractivity contribution in [1.82, 2.24) is 4.90 Å². The molecule has 0 amide bonds. The van der Waals surface area contributed by atoms with E-state index < -0.39 is 6.10 Å². The number of aliphatic hydroxyl groups excluding tert-OH is 1. The van der Waals surface area contributed by atoms with Gasteiger partial charge in [0, 0.05) is 13.7 Å². The Morgan fingerprint density at radius 1 is 1.64 bits per heavy atom. The molecule has 0 rings (SSSR count). The maximum Gasteiger partial charge on any atom is 0.108 e. The van der Waals surface area contributed by atoms with Crippen molar-refractivity contribution in [3.8, 4) is 0 Å². The molecular formula is C9H21N3O2. The monoisotopic (exact) mass is 203 g/mol. The third-order valence-corrected chi connectivity index (χ3v) is 2.14. The Bertz CT molecular complexity index is 175. The summed E-state index contributed by atoms with van der Waals surface area (Å²) in [6.07, 6.45) is 0.240. The number of amidine groups is 1. The quantitative estimate of drug-likeness (QED) is 0.390. The van der Waals surface area contributed by atoms with Crippen LogP contribution in [0.3, 0.4) is 0 Å². The minimum atomic E-state index is -0.529. The molecule has 0 spiro atoms. The molecular weight excluding hydrogens is 182 g/mol. The Kier molecular flexibility index (Phi) is 6.44. The van der Waals surface area contributed by atoms with E-state index in [-0.39, 0.29) is 11.9 Å². The SMILES string of the molecule is CCC(C(=N)N)N(C)CC(O)COC. The van der Waals surface area contributed by atoms with Gasteiger partial charge in [-0.15, -0.1) is 0 Å². The average Bonchev–Trinajstić information content (AvgIpc) is 2.04. The second-order valence-corrected chi connectivity index (χ2v) is 3.43. The van der Waals surface area contributed by atoms with E-state index in [9.17, 15) is 5.11 Å². The van der Waals surface area contributed by atoms with Crippen LogP contribution in [0.25, 0.3) is 0 Å². The van der Waals surface area contributed by atoms with Gasteiger partial charge in [-0.25, -0.2) is 0 Å². The van der Waals surface area contributed by atoms with Crippen LogP contribution in [0.15, 0.2) is 0 Å². The van der Waals surface area contributed by atoms with Gasteiger partial charge in [0.2, 0.25) is 0 Å². The van der Waals surface area contributed by atoms with Crippen molar-refractivity contribution >= 4 is 5.84 Å². The Morgan fingerprint density at radius 3 is 2.57 bits per heavy atom. The highest BCUT2D eigenvalue weighted by molar-refractivity contribution is 5.82. The largest absolute Gasteiger partial charge is 0.389 e. The normalized spacial score (nSPS) is 15.5. The molecule has 0 saturated carbocycles. The van der Waals surface area contributed by atoms with Crippen LogP contribution in [0, 0.1) is 5.41 Å². The minimum absolute atomic E-state index is 0.0958. The number of nitrogens with one attached hydrogen (secondary N) is 1. The topological polar surface area (TPSA) is 82.6 Å². The first-order valence-corrected chi connectivity index (χ1v) is 4.74. The van der Waals surface area contributed by atoms with Crippen molar-refractivity contribution in [2.75, 3.05) is 27.3 Å². The van der Waals surface area contributed by atoms with E-state index in [4.69, 9.17) is 15.9 Å². The van der Waals surface area contributed by atoms with Gasteiger partial charge < -0.3 is 15.6 Å². The summed E-state index contributed by atoms with van der Waals surface area (Å²) in [5.74, 6) is 0.139. The molecule has 0 aromatic carbocycles. The van der Waals surface area contributed by atoms with Gasteiger partial charge in [-0.1, -0.05) is 6.92 Å². The fourth-order valence-corrected chi connectivity index (χ4v) is 1.47. The lowest BCUT2D eigenvalue weighted by atomic mass is 10.1. The molecule has 0 aliphatic heterocycles. The lowest BCUT2D eigenvalue weighted by molar-refractivity contribution is 0.0393. The maximum atomic E-state index is 9.47. The third-order valence-electron chi connectivity index (χ3n) is 2.14. The zero-order valence-corrected chi connectivity index (χ0v) is 9.16. The second-order valence-electron chi connectivity index (χ2n) is 3.43.